The third kappa shape index (κ3) is 4.85. The van der Waals surface area contributed by atoms with Gasteiger partial charge in [-0.2, -0.15) is 0 Å². The lowest BCUT2D eigenvalue weighted by molar-refractivity contribution is 0.430. The summed E-state index contributed by atoms with van der Waals surface area (Å²) in [4.78, 5) is 13.0. The number of fused-ring (bicyclic) bond motifs is 1. The van der Waals surface area contributed by atoms with Crippen LogP contribution in [0, 0.1) is 0 Å². The van der Waals surface area contributed by atoms with Crippen molar-refractivity contribution in [3.05, 3.63) is 68.9 Å². The van der Waals surface area contributed by atoms with Crippen molar-refractivity contribution >= 4 is 21.0 Å². The zero-order chi connectivity index (χ0) is 25.4. The molecule has 0 amide bonds. The number of hydrogen-bond acceptors (Lipinski definition) is 7. The molecule has 5 N–H and O–H groups in total. The largest absolute Gasteiger partial charge is 0.507 e. The van der Waals surface area contributed by atoms with Crippen molar-refractivity contribution in [3.8, 4) is 28.6 Å². The Morgan fingerprint density at radius 1 is 0.882 bits per heavy atom. The predicted molar refractivity (Wildman–Crippen MR) is 131 cm³/mol. The van der Waals surface area contributed by atoms with Gasteiger partial charge in [0, 0.05) is 16.7 Å². The van der Waals surface area contributed by atoms with Gasteiger partial charge in [-0.05, 0) is 64.8 Å². The van der Waals surface area contributed by atoms with Crippen LogP contribution < -0.4 is 10.6 Å². The molecular weight excluding hydrogens is 458 g/mol. The number of allylic oxidation sites excluding steroid dienone is 4. The highest BCUT2D eigenvalue weighted by atomic mass is 32.2. The van der Waals surface area contributed by atoms with Crippen LogP contribution >= 0.6 is 0 Å². The Labute approximate surface area is 197 Å². The van der Waals surface area contributed by atoms with E-state index in [4.69, 9.17) is 9.56 Å². The van der Waals surface area contributed by atoms with Crippen LogP contribution in [0.25, 0.3) is 22.3 Å². The fourth-order valence-corrected chi connectivity index (χ4v) is 4.01. The molecule has 34 heavy (non-hydrogen) atoms. The fourth-order valence-electron chi connectivity index (χ4n) is 3.49. The molecule has 180 valence electrons. The summed E-state index contributed by atoms with van der Waals surface area (Å²) in [7, 11) is -3.94. The number of aromatic hydroxyl groups is 3. The number of nitrogens with two attached hydrogens (primary N) is 1. The van der Waals surface area contributed by atoms with Crippen molar-refractivity contribution in [2.24, 2.45) is 5.14 Å². The molecule has 0 aliphatic carbocycles. The van der Waals surface area contributed by atoms with E-state index in [-0.39, 0.29) is 56.9 Å². The highest BCUT2D eigenvalue weighted by molar-refractivity contribution is 7.89. The first-order valence-corrected chi connectivity index (χ1v) is 12.0. The van der Waals surface area contributed by atoms with Crippen molar-refractivity contribution in [3.63, 3.8) is 0 Å². The lowest BCUT2D eigenvalue weighted by Gasteiger charge is -2.15. The molecule has 1 heterocycles. The second kappa shape index (κ2) is 9.36. The van der Waals surface area contributed by atoms with E-state index in [1.54, 1.807) is 6.08 Å². The van der Waals surface area contributed by atoms with Gasteiger partial charge >= 0.3 is 0 Å². The van der Waals surface area contributed by atoms with E-state index < -0.39 is 27.0 Å². The Kier molecular flexibility index (Phi) is 6.90. The third-order valence-electron chi connectivity index (χ3n) is 5.33. The summed E-state index contributed by atoms with van der Waals surface area (Å²) < 4.78 is 29.0. The molecule has 1 aromatic heterocycles. The number of hydrogen-bond donors (Lipinski definition) is 4. The minimum absolute atomic E-state index is 0.0678. The van der Waals surface area contributed by atoms with Crippen LogP contribution in [0.1, 0.15) is 38.8 Å². The van der Waals surface area contributed by atoms with Gasteiger partial charge in [-0.15, -0.1) is 0 Å². The molecule has 8 nitrogen and oxygen atoms in total. The smallest absolute Gasteiger partial charge is 0.238 e. The first-order chi connectivity index (χ1) is 15.8. The minimum atomic E-state index is -3.94. The van der Waals surface area contributed by atoms with E-state index in [0.29, 0.717) is 0 Å². The van der Waals surface area contributed by atoms with E-state index in [0.717, 1.165) is 11.1 Å². The summed E-state index contributed by atoms with van der Waals surface area (Å²) in [6, 6.07) is 5.11. The maximum atomic E-state index is 13.2. The molecule has 0 saturated carbocycles. The van der Waals surface area contributed by atoms with Crippen LogP contribution in [0.5, 0.6) is 17.2 Å². The molecule has 0 saturated heterocycles. The van der Waals surface area contributed by atoms with Gasteiger partial charge in [-0.1, -0.05) is 23.3 Å². The van der Waals surface area contributed by atoms with Crippen molar-refractivity contribution in [1.82, 2.24) is 0 Å². The summed E-state index contributed by atoms with van der Waals surface area (Å²) in [5.74, 6) is -1.65. The van der Waals surface area contributed by atoms with Gasteiger partial charge in [0.05, 0.1) is 4.90 Å². The molecule has 0 unspecified atom stereocenters. The molecular formula is C25H27NO7S. The molecule has 0 fully saturated rings. The van der Waals surface area contributed by atoms with Gasteiger partial charge in [0.15, 0.2) is 5.76 Å². The number of rotatable bonds is 6. The summed E-state index contributed by atoms with van der Waals surface area (Å²) in [6.07, 6.45) is 4.02. The summed E-state index contributed by atoms with van der Waals surface area (Å²) in [5, 5.41) is 37.4. The molecule has 3 rings (SSSR count). The SMILES string of the molecule is CC(C)=CCc1c(O)c(CC=C(C)C)c2oc(-c3ccc(S(N)(=O)=O)cc3)c(O)c(=O)c2c1O. The molecule has 0 atom stereocenters. The first kappa shape index (κ1) is 25.1. The average molecular weight is 486 g/mol. The number of benzene rings is 2. The summed E-state index contributed by atoms with van der Waals surface area (Å²) >= 11 is 0. The van der Waals surface area contributed by atoms with E-state index in [1.807, 2.05) is 33.8 Å². The highest BCUT2D eigenvalue weighted by Crippen LogP contribution is 2.42. The highest BCUT2D eigenvalue weighted by Gasteiger charge is 2.26. The lowest BCUT2D eigenvalue weighted by Crippen LogP contribution is -2.11. The third-order valence-corrected chi connectivity index (χ3v) is 6.26. The topological polar surface area (TPSA) is 151 Å². The standard InChI is InChI=1S/C25H27NO7S/c1-13(2)5-11-17-20(27)18(12-6-14(3)4)25-19(21(17)28)22(29)23(30)24(33-25)15-7-9-16(10-8-15)34(26,31)32/h5-10,27-28,30H,11-12H2,1-4H3,(H2,26,31,32). The molecule has 0 aliphatic heterocycles. The van der Waals surface area contributed by atoms with Crippen LogP contribution in [-0.2, 0) is 22.9 Å². The fraction of sp³-hybridized carbons (Fsp3) is 0.240. The second-order valence-corrected chi connectivity index (χ2v) is 10.1. The van der Waals surface area contributed by atoms with Crippen LogP contribution in [0.4, 0.5) is 0 Å². The predicted octanol–water partition coefficient (Wildman–Crippen LogP) is 4.24. The second-order valence-electron chi connectivity index (χ2n) is 8.51. The molecule has 0 radical (unpaired) electrons. The zero-order valence-corrected chi connectivity index (χ0v) is 20.2. The van der Waals surface area contributed by atoms with Gasteiger partial charge in [0.2, 0.25) is 21.2 Å². The van der Waals surface area contributed by atoms with E-state index in [1.165, 1.54) is 24.3 Å². The normalized spacial score (nSPS) is 11.4. The van der Waals surface area contributed by atoms with Crippen LogP contribution in [0.2, 0.25) is 0 Å². The Bertz CT molecular complexity index is 1490. The van der Waals surface area contributed by atoms with E-state index in [2.05, 4.69) is 0 Å². The van der Waals surface area contributed by atoms with Gasteiger partial charge < -0.3 is 19.7 Å². The van der Waals surface area contributed by atoms with Crippen molar-refractivity contribution < 1.29 is 28.2 Å². The van der Waals surface area contributed by atoms with E-state index >= 15 is 0 Å². The molecule has 2 aromatic carbocycles. The molecule has 0 spiro atoms. The summed E-state index contributed by atoms with van der Waals surface area (Å²) in [5.41, 5.74) is 1.63. The molecule has 3 aromatic rings. The van der Waals surface area contributed by atoms with Gasteiger partial charge in [0.1, 0.15) is 22.5 Å². The van der Waals surface area contributed by atoms with Gasteiger partial charge in [-0.25, -0.2) is 13.6 Å². The van der Waals surface area contributed by atoms with Crippen molar-refractivity contribution in [1.29, 1.82) is 0 Å². The number of primary sulfonamides is 1. The molecule has 9 heteroatoms. The maximum absolute atomic E-state index is 13.2. The Balaban J connectivity index is 2.38. The number of phenolic OH excluding ortho intramolecular Hbond substituents is 2. The minimum Gasteiger partial charge on any atom is -0.507 e. The van der Waals surface area contributed by atoms with Gasteiger partial charge in [-0.3, -0.25) is 4.79 Å². The van der Waals surface area contributed by atoms with Crippen molar-refractivity contribution in [2.75, 3.05) is 0 Å². The average Bonchev–Trinajstić information content (AvgIpc) is 2.74. The Morgan fingerprint density at radius 3 is 1.91 bits per heavy atom. The van der Waals surface area contributed by atoms with E-state index in [9.17, 15) is 28.5 Å². The van der Waals surface area contributed by atoms with Crippen LogP contribution in [-0.4, -0.2) is 23.7 Å². The molecule has 0 aliphatic rings. The summed E-state index contributed by atoms with van der Waals surface area (Å²) in [6.45, 7) is 7.49. The maximum Gasteiger partial charge on any atom is 0.238 e. The first-order valence-electron chi connectivity index (χ1n) is 10.5. The number of phenols is 2. The van der Waals surface area contributed by atoms with Gasteiger partial charge in [0.25, 0.3) is 0 Å². The zero-order valence-electron chi connectivity index (χ0n) is 19.3. The molecule has 0 bridgehead atoms. The van der Waals surface area contributed by atoms with Crippen LogP contribution in [0.15, 0.2) is 61.7 Å². The quantitative estimate of drug-likeness (QED) is 0.381. The number of sulfonamides is 1. The lowest BCUT2D eigenvalue weighted by atomic mass is 9.96. The Hall–Kier alpha value is -3.56. The van der Waals surface area contributed by atoms with Crippen molar-refractivity contribution in [2.45, 2.75) is 45.4 Å². The monoisotopic (exact) mass is 485 g/mol. The Morgan fingerprint density at radius 2 is 1.41 bits per heavy atom. The van der Waals surface area contributed by atoms with Crippen LogP contribution in [0.3, 0.4) is 0 Å².